The average molecular weight is 196 g/mol. The summed E-state index contributed by atoms with van der Waals surface area (Å²) in [6.07, 6.45) is 1.42. The molecule has 1 aromatic rings. The van der Waals surface area contributed by atoms with Crippen LogP contribution in [-0.4, -0.2) is 16.0 Å². The van der Waals surface area contributed by atoms with Crippen LogP contribution in [0.1, 0.15) is 19.4 Å². The molecule has 0 aliphatic rings. The van der Waals surface area contributed by atoms with Gasteiger partial charge in [0.05, 0.1) is 11.0 Å². The van der Waals surface area contributed by atoms with Gasteiger partial charge in [0.2, 0.25) is 0 Å². The van der Waals surface area contributed by atoms with Crippen LogP contribution in [0.2, 0.25) is 0 Å². The summed E-state index contributed by atoms with van der Waals surface area (Å²) >= 11 is 0. The van der Waals surface area contributed by atoms with Crippen molar-refractivity contribution in [3.05, 3.63) is 27.9 Å². The van der Waals surface area contributed by atoms with Crippen molar-refractivity contribution in [3.63, 3.8) is 0 Å². The summed E-state index contributed by atoms with van der Waals surface area (Å²) < 4.78 is 5.21. The van der Waals surface area contributed by atoms with Crippen LogP contribution in [0.5, 0.6) is 5.88 Å². The number of nitrogens with zero attached hydrogens (tertiary/aromatic N) is 2. The van der Waals surface area contributed by atoms with Gasteiger partial charge in [0.25, 0.3) is 5.88 Å². The second-order valence-corrected chi connectivity index (χ2v) is 3.26. The Morgan fingerprint density at radius 1 is 1.57 bits per heavy atom. The summed E-state index contributed by atoms with van der Waals surface area (Å²) in [5, 5.41) is 10.6. The maximum atomic E-state index is 10.6. The van der Waals surface area contributed by atoms with Crippen LogP contribution in [0, 0.1) is 17.0 Å². The first-order valence-electron chi connectivity index (χ1n) is 4.28. The van der Waals surface area contributed by atoms with E-state index in [0.717, 1.165) is 5.56 Å². The molecule has 1 aromatic heterocycles. The van der Waals surface area contributed by atoms with Gasteiger partial charge >= 0.3 is 5.69 Å². The molecule has 5 heteroatoms. The SMILES string of the molecule is Cc1cnc(OC(C)C)c([N+](=O)[O-])c1. The molecular formula is C9H12N2O3. The van der Waals surface area contributed by atoms with Gasteiger partial charge in [-0.2, -0.15) is 0 Å². The first-order valence-corrected chi connectivity index (χ1v) is 4.28. The van der Waals surface area contributed by atoms with Gasteiger partial charge in [0, 0.05) is 12.3 Å². The van der Waals surface area contributed by atoms with Crippen molar-refractivity contribution < 1.29 is 9.66 Å². The van der Waals surface area contributed by atoms with Crippen molar-refractivity contribution in [3.8, 4) is 5.88 Å². The van der Waals surface area contributed by atoms with Crippen LogP contribution in [0.4, 0.5) is 5.69 Å². The van der Waals surface area contributed by atoms with Crippen molar-refractivity contribution in [2.75, 3.05) is 0 Å². The third-order valence-corrected chi connectivity index (χ3v) is 1.51. The highest BCUT2D eigenvalue weighted by Crippen LogP contribution is 2.25. The molecule has 0 unspecified atom stereocenters. The average Bonchev–Trinajstić information content (AvgIpc) is 2.07. The van der Waals surface area contributed by atoms with E-state index < -0.39 is 4.92 Å². The molecular weight excluding hydrogens is 184 g/mol. The molecule has 5 nitrogen and oxygen atoms in total. The van der Waals surface area contributed by atoms with Crippen molar-refractivity contribution in [1.29, 1.82) is 0 Å². The molecule has 1 heterocycles. The van der Waals surface area contributed by atoms with E-state index >= 15 is 0 Å². The number of ether oxygens (including phenoxy) is 1. The first-order chi connectivity index (χ1) is 6.50. The number of pyridine rings is 1. The molecule has 14 heavy (non-hydrogen) atoms. The van der Waals surface area contributed by atoms with E-state index in [1.54, 1.807) is 27.0 Å². The largest absolute Gasteiger partial charge is 0.470 e. The fraction of sp³-hybridized carbons (Fsp3) is 0.444. The van der Waals surface area contributed by atoms with E-state index in [2.05, 4.69) is 4.98 Å². The predicted octanol–water partition coefficient (Wildman–Crippen LogP) is 2.09. The van der Waals surface area contributed by atoms with E-state index in [-0.39, 0.29) is 17.7 Å². The number of hydrogen-bond donors (Lipinski definition) is 0. The van der Waals surface area contributed by atoms with Gasteiger partial charge in [0.1, 0.15) is 0 Å². The zero-order valence-electron chi connectivity index (χ0n) is 8.35. The summed E-state index contributed by atoms with van der Waals surface area (Å²) in [6.45, 7) is 5.34. The Hall–Kier alpha value is -1.65. The van der Waals surface area contributed by atoms with Crippen LogP contribution in [0.3, 0.4) is 0 Å². The molecule has 0 atom stereocenters. The third-order valence-electron chi connectivity index (χ3n) is 1.51. The van der Waals surface area contributed by atoms with E-state index in [1.165, 1.54) is 6.07 Å². The summed E-state index contributed by atoms with van der Waals surface area (Å²) in [4.78, 5) is 14.0. The molecule has 0 saturated carbocycles. The summed E-state index contributed by atoms with van der Waals surface area (Å²) in [5.74, 6) is 0.0793. The van der Waals surface area contributed by atoms with E-state index in [9.17, 15) is 10.1 Å². The maximum Gasteiger partial charge on any atom is 0.331 e. The smallest absolute Gasteiger partial charge is 0.331 e. The predicted molar refractivity (Wildman–Crippen MR) is 51.4 cm³/mol. The van der Waals surface area contributed by atoms with Gasteiger partial charge in [-0.3, -0.25) is 10.1 Å². The van der Waals surface area contributed by atoms with Crippen LogP contribution in [-0.2, 0) is 0 Å². The van der Waals surface area contributed by atoms with Gasteiger partial charge in [0.15, 0.2) is 0 Å². The fourth-order valence-electron chi connectivity index (χ4n) is 0.986. The Morgan fingerprint density at radius 2 is 2.21 bits per heavy atom. The molecule has 0 radical (unpaired) electrons. The Morgan fingerprint density at radius 3 is 2.71 bits per heavy atom. The molecule has 0 aromatic carbocycles. The van der Waals surface area contributed by atoms with E-state index in [1.807, 2.05) is 0 Å². The molecule has 0 aliphatic heterocycles. The number of rotatable bonds is 3. The normalized spacial score (nSPS) is 10.3. The highest BCUT2D eigenvalue weighted by molar-refractivity contribution is 5.42. The first kappa shape index (κ1) is 10.4. The van der Waals surface area contributed by atoms with Crippen LogP contribution >= 0.6 is 0 Å². The molecule has 1 rings (SSSR count). The van der Waals surface area contributed by atoms with Crippen LogP contribution in [0.15, 0.2) is 12.3 Å². The Balaban J connectivity index is 3.08. The minimum Gasteiger partial charge on any atom is -0.470 e. The lowest BCUT2D eigenvalue weighted by Gasteiger charge is -2.08. The molecule has 0 bridgehead atoms. The number of aryl methyl sites for hydroxylation is 1. The lowest BCUT2D eigenvalue weighted by Crippen LogP contribution is -2.08. The Bertz CT molecular complexity index is 350. The van der Waals surface area contributed by atoms with E-state index in [0.29, 0.717) is 0 Å². The Kier molecular flexibility index (Phi) is 3.01. The van der Waals surface area contributed by atoms with Crippen molar-refractivity contribution in [2.24, 2.45) is 0 Å². The molecule has 0 saturated heterocycles. The lowest BCUT2D eigenvalue weighted by molar-refractivity contribution is -0.386. The lowest BCUT2D eigenvalue weighted by atomic mass is 10.3. The topological polar surface area (TPSA) is 65.3 Å². The zero-order chi connectivity index (χ0) is 10.7. The second-order valence-electron chi connectivity index (χ2n) is 3.26. The summed E-state index contributed by atoms with van der Waals surface area (Å²) in [6, 6.07) is 1.45. The molecule has 0 fully saturated rings. The highest BCUT2D eigenvalue weighted by Gasteiger charge is 2.17. The molecule has 0 amide bonds. The minimum absolute atomic E-state index is 0.0793. The molecule has 0 N–H and O–H groups in total. The van der Waals surface area contributed by atoms with Crippen molar-refractivity contribution in [2.45, 2.75) is 26.9 Å². The van der Waals surface area contributed by atoms with Crippen molar-refractivity contribution >= 4 is 5.69 Å². The standard InChI is InChI=1S/C9H12N2O3/c1-6(2)14-9-8(11(12)13)4-7(3)5-10-9/h4-6H,1-3H3. The van der Waals surface area contributed by atoms with Crippen molar-refractivity contribution in [1.82, 2.24) is 4.98 Å². The molecule has 76 valence electrons. The number of hydrogen-bond acceptors (Lipinski definition) is 4. The zero-order valence-corrected chi connectivity index (χ0v) is 8.35. The van der Waals surface area contributed by atoms with Gasteiger partial charge in [-0.25, -0.2) is 4.98 Å². The van der Waals surface area contributed by atoms with E-state index in [4.69, 9.17) is 4.74 Å². The van der Waals surface area contributed by atoms with Gasteiger partial charge in [-0.05, 0) is 26.3 Å². The fourth-order valence-corrected chi connectivity index (χ4v) is 0.986. The van der Waals surface area contributed by atoms with Crippen LogP contribution in [0.25, 0.3) is 0 Å². The molecule has 0 spiro atoms. The van der Waals surface area contributed by atoms with Crippen LogP contribution < -0.4 is 4.74 Å². The van der Waals surface area contributed by atoms with Gasteiger partial charge < -0.3 is 4.74 Å². The monoisotopic (exact) mass is 196 g/mol. The quantitative estimate of drug-likeness (QED) is 0.548. The number of aromatic nitrogens is 1. The molecule has 0 aliphatic carbocycles. The van der Waals surface area contributed by atoms with Gasteiger partial charge in [-0.1, -0.05) is 0 Å². The third kappa shape index (κ3) is 2.42. The summed E-state index contributed by atoms with van der Waals surface area (Å²) in [5.41, 5.74) is 0.659. The Labute approximate surface area is 81.9 Å². The maximum absolute atomic E-state index is 10.6. The summed E-state index contributed by atoms with van der Waals surface area (Å²) in [7, 11) is 0. The van der Waals surface area contributed by atoms with Gasteiger partial charge in [-0.15, -0.1) is 0 Å². The minimum atomic E-state index is -0.488. The number of nitro groups is 1. The highest BCUT2D eigenvalue weighted by atomic mass is 16.6. The second kappa shape index (κ2) is 4.04.